The van der Waals surface area contributed by atoms with Crippen molar-refractivity contribution < 1.29 is 28.4 Å². The first-order chi connectivity index (χ1) is 15.8. The number of Topliss-reactive ketones (excluding diaryl/α,β-unsaturated/α-hetero) is 1. The summed E-state index contributed by atoms with van der Waals surface area (Å²) in [4.78, 5) is 50.8. The van der Waals surface area contributed by atoms with Crippen LogP contribution in [0.4, 0.5) is 11.5 Å². The molecule has 1 aliphatic rings. The molecule has 3 rings (SSSR count). The van der Waals surface area contributed by atoms with Gasteiger partial charge in [0.2, 0.25) is 17.7 Å². The summed E-state index contributed by atoms with van der Waals surface area (Å²) in [5.74, 6) is -0.522. The third-order valence-electron chi connectivity index (χ3n) is 5.18. The second-order valence-corrected chi connectivity index (χ2v) is 7.90. The van der Waals surface area contributed by atoms with Gasteiger partial charge in [-0.3, -0.25) is 19.2 Å². The van der Waals surface area contributed by atoms with Gasteiger partial charge < -0.3 is 24.8 Å². The number of ether oxygens (including phenoxy) is 1. The molecule has 1 aliphatic heterocycles. The predicted molar refractivity (Wildman–Crippen MR) is 120 cm³/mol. The fourth-order valence-electron chi connectivity index (χ4n) is 3.43. The maximum Gasteiger partial charge on any atom is 0.240 e. The van der Waals surface area contributed by atoms with E-state index in [2.05, 4.69) is 15.8 Å². The Morgan fingerprint density at radius 3 is 2.64 bits per heavy atom. The van der Waals surface area contributed by atoms with E-state index >= 15 is 0 Å². The van der Waals surface area contributed by atoms with Crippen molar-refractivity contribution in [1.82, 2.24) is 10.5 Å². The number of carbonyl (C=O) groups is 4. The largest absolute Gasteiger partial charge is 0.376 e. The second kappa shape index (κ2) is 11.4. The zero-order valence-electron chi connectivity index (χ0n) is 18.8. The third kappa shape index (κ3) is 7.25. The third-order valence-corrected chi connectivity index (χ3v) is 5.18. The van der Waals surface area contributed by atoms with Crippen LogP contribution in [0.15, 0.2) is 34.9 Å². The number of amides is 3. The molecule has 2 heterocycles. The van der Waals surface area contributed by atoms with Crippen LogP contribution in [0.3, 0.4) is 0 Å². The minimum Gasteiger partial charge on any atom is -0.376 e. The number of nitrogens with one attached hydrogen (secondary N) is 2. The lowest BCUT2D eigenvalue weighted by atomic mass is 10.1. The van der Waals surface area contributed by atoms with Gasteiger partial charge >= 0.3 is 0 Å². The van der Waals surface area contributed by atoms with Gasteiger partial charge in [0, 0.05) is 43.3 Å². The highest BCUT2D eigenvalue weighted by Crippen LogP contribution is 2.19. The van der Waals surface area contributed by atoms with Crippen LogP contribution in [0.1, 0.15) is 48.7 Å². The maximum absolute atomic E-state index is 13.0. The lowest BCUT2D eigenvalue weighted by Crippen LogP contribution is -2.43. The maximum atomic E-state index is 13.0. The fraction of sp³-hybridized carbons (Fsp3) is 0.435. The van der Waals surface area contributed by atoms with Crippen LogP contribution in [0.2, 0.25) is 0 Å². The molecule has 0 unspecified atom stereocenters. The summed E-state index contributed by atoms with van der Waals surface area (Å²) in [6.07, 6.45) is 1.57. The predicted octanol–water partition coefficient (Wildman–Crippen LogP) is 2.23. The van der Waals surface area contributed by atoms with Gasteiger partial charge in [0.25, 0.3) is 0 Å². The zero-order valence-corrected chi connectivity index (χ0v) is 18.8. The SMILES string of the molecule is CC(=O)c1cccc(N(CC(=O)NC[C@@H]2CCCO2)C(=O)CCC(=O)Nc2cc(C)on2)c1. The molecule has 1 aromatic heterocycles. The molecule has 0 bridgehead atoms. The monoisotopic (exact) mass is 456 g/mol. The lowest BCUT2D eigenvalue weighted by Gasteiger charge is -2.23. The summed E-state index contributed by atoms with van der Waals surface area (Å²) in [6.45, 7) is 3.93. The first-order valence-corrected chi connectivity index (χ1v) is 10.8. The van der Waals surface area contributed by atoms with Gasteiger partial charge in [0.1, 0.15) is 12.3 Å². The number of hydrogen-bond donors (Lipinski definition) is 2. The standard InChI is InChI=1S/C23H28N4O6/c1-15-11-20(26-33-15)25-21(29)8-9-23(31)27(18-6-3-5-17(12-18)16(2)28)14-22(30)24-13-19-7-4-10-32-19/h3,5-6,11-12,19H,4,7-10,13-14H2,1-2H3,(H,24,30)(H,25,26,29)/t19-/m0/s1. The van der Waals surface area contributed by atoms with Crippen LogP contribution < -0.4 is 15.5 Å². The average Bonchev–Trinajstić information content (AvgIpc) is 3.46. The van der Waals surface area contributed by atoms with Crippen LogP contribution in [0, 0.1) is 6.92 Å². The van der Waals surface area contributed by atoms with E-state index in [1.165, 1.54) is 11.8 Å². The van der Waals surface area contributed by atoms with E-state index < -0.39 is 11.8 Å². The van der Waals surface area contributed by atoms with Gasteiger partial charge in [-0.15, -0.1) is 0 Å². The van der Waals surface area contributed by atoms with E-state index in [0.717, 1.165) is 12.8 Å². The Bertz CT molecular complexity index is 1010. The van der Waals surface area contributed by atoms with Crippen molar-refractivity contribution in [2.45, 2.75) is 45.6 Å². The van der Waals surface area contributed by atoms with Crippen LogP contribution in [0.25, 0.3) is 0 Å². The summed E-state index contributed by atoms with van der Waals surface area (Å²) >= 11 is 0. The van der Waals surface area contributed by atoms with Gasteiger partial charge in [-0.1, -0.05) is 17.3 Å². The fourth-order valence-corrected chi connectivity index (χ4v) is 3.43. The molecule has 0 radical (unpaired) electrons. The minimum atomic E-state index is -0.422. The Morgan fingerprint density at radius 1 is 1.15 bits per heavy atom. The molecule has 1 atom stereocenters. The summed E-state index contributed by atoms with van der Waals surface area (Å²) < 4.78 is 10.4. The molecule has 10 nitrogen and oxygen atoms in total. The van der Waals surface area contributed by atoms with Gasteiger partial charge in [-0.2, -0.15) is 0 Å². The number of ketones is 1. The number of carbonyl (C=O) groups excluding carboxylic acids is 4. The molecule has 2 aromatic rings. The number of benzene rings is 1. The molecule has 2 N–H and O–H groups in total. The smallest absolute Gasteiger partial charge is 0.240 e. The Morgan fingerprint density at radius 2 is 1.97 bits per heavy atom. The highest BCUT2D eigenvalue weighted by molar-refractivity contribution is 6.02. The summed E-state index contributed by atoms with van der Waals surface area (Å²) in [7, 11) is 0. The summed E-state index contributed by atoms with van der Waals surface area (Å²) in [5.41, 5.74) is 0.830. The number of hydrogen-bond acceptors (Lipinski definition) is 7. The molecular weight excluding hydrogens is 428 g/mol. The second-order valence-electron chi connectivity index (χ2n) is 7.90. The first kappa shape index (κ1) is 24.1. The molecule has 0 aliphatic carbocycles. The number of aromatic nitrogens is 1. The molecule has 1 saturated heterocycles. The molecule has 0 saturated carbocycles. The van der Waals surface area contributed by atoms with E-state index in [-0.39, 0.29) is 43.0 Å². The van der Waals surface area contributed by atoms with Crippen molar-refractivity contribution in [3.63, 3.8) is 0 Å². The molecular formula is C23H28N4O6. The van der Waals surface area contributed by atoms with Crippen LogP contribution in [-0.2, 0) is 19.1 Å². The summed E-state index contributed by atoms with van der Waals surface area (Å²) in [5, 5.41) is 9.04. The topological polar surface area (TPSA) is 131 Å². The molecule has 33 heavy (non-hydrogen) atoms. The van der Waals surface area contributed by atoms with E-state index in [1.54, 1.807) is 37.3 Å². The van der Waals surface area contributed by atoms with Gasteiger partial charge in [0.15, 0.2) is 11.6 Å². The number of anilines is 2. The lowest BCUT2D eigenvalue weighted by molar-refractivity contribution is -0.125. The summed E-state index contributed by atoms with van der Waals surface area (Å²) in [6, 6.07) is 8.06. The molecule has 3 amide bonds. The van der Waals surface area contributed by atoms with Crippen molar-refractivity contribution >= 4 is 35.0 Å². The van der Waals surface area contributed by atoms with Crippen LogP contribution >= 0.6 is 0 Å². The van der Waals surface area contributed by atoms with Gasteiger partial charge in [0.05, 0.1) is 6.10 Å². The van der Waals surface area contributed by atoms with E-state index in [0.29, 0.717) is 30.2 Å². The van der Waals surface area contributed by atoms with Crippen molar-refractivity contribution in [3.05, 3.63) is 41.7 Å². The normalized spacial score (nSPS) is 15.2. The molecule has 0 spiro atoms. The van der Waals surface area contributed by atoms with Crippen LogP contribution in [0.5, 0.6) is 0 Å². The van der Waals surface area contributed by atoms with E-state index in [9.17, 15) is 19.2 Å². The van der Waals surface area contributed by atoms with Crippen molar-refractivity contribution in [1.29, 1.82) is 0 Å². The number of aryl methyl sites for hydroxylation is 1. The molecule has 1 fully saturated rings. The Labute approximate surface area is 191 Å². The van der Waals surface area contributed by atoms with Crippen LogP contribution in [-0.4, -0.2) is 54.5 Å². The first-order valence-electron chi connectivity index (χ1n) is 10.8. The van der Waals surface area contributed by atoms with Crippen molar-refractivity contribution in [2.75, 3.05) is 29.9 Å². The molecule has 176 valence electrons. The average molecular weight is 456 g/mol. The highest BCUT2D eigenvalue weighted by Gasteiger charge is 2.22. The molecule has 1 aromatic carbocycles. The number of nitrogens with zero attached hydrogens (tertiary/aromatic N) is 2. The van der Waals surface area contributed by atoms with Gasteiger partial charge in [-0.25, -0.2) is 0 Å². The highest BCUT2D eigenvalue weighted by atomic mass is 16.5. The van der Waals surface area contributed by atoms with Crippen molar-refractivity contribution in [2.24, 2.45) is 0 Å². The van der Waals surface area contributed by atoms with E-state index in [1.807, 2.05) is 0 Å². The Hall–Kier alpha value is -3.53. The zero-order chi connectivity index (χ0) is 23.8. The Balaban J connectivity index is 1.65. The Kier molecular flexibility index (Phi) is 8.31. The van der Waals surface area contributed by atoms with E-state index in [4.69, 9.17) is 9.26 Å². The number of rotatable bonds is 10. The minimum absolute atomic E-state index is 0.0250. The molecule has 10 heteroatoms. The quantitative estimate of drug-likeness (QED) is 0.524. The van der Waals surface area contributed by atoms with Crippen molar-refractivity contribution in [3.8, 4) is 0 Å². The van der Waals surface area contributed by atoms with Gasteiger partial charge in [-0.05, 0) is 38.8 Å².